The van der Waals surface area contributed by atoms with Crippen LogP contribution in [0.15, 0.2) is 18.3 Å². The Morgan fingerprint density at radius 3 is 2.27 bits per heavy atom. The van der Waals surface area contributed by atoms with Crippen molar-refractivity contribution in [1.29, 1.82) is 0 Å². The quantitative estimate of drug-likeness (QED) is 0.389. The number of halogens is 3. The fourth-order valence-corrected chi connectivity index (χ4v) is 6.35. The number of aliphatic hydroxyl groups is 1. The second-order valence-corrected chi connectivity index (χ2v) is 11.3. The lowest BCUT2D eigenvalue weighted by Gasteiger charge is -2.31. The number of amides is 1. The first-order valence-corrected chi connectivity index (χ1v) is 14.3. The minimum Gasteiger partial charge on any atom is -0.393 e. The van der Waals surface area contributed by atoms with Crippen LogP contribution in [0.2, 0.25) is 0 Å². The first kappa shape index (κ1) is 26.8. The zero-order chi connectivity index (χ0) is 27.8. The van der Waals surface area contributed by atoms with Crippen molar-refractivity contribution in [1.82, 2.24) is 24.4 Å². The van der Waals surface area contributed by atoms with E-state index in [0.29, 0.717) is 54.9 Å². The van der Waals surface area contributed by atoms with Gasteiger partial charge in [0.05, 0.1) is 12.3 Å². The molecule has 3 heterocycles. The molecule has 9 nitrogen and oxygen atoms in total. The van der Waals surface area contributed by atoms with Gasteiger partial charge in [0.15, 0.2) is 17.3 Å². The van der Waals surface area contributed by atoms with Crippen LogP contribution in [0.1, 0.15) is 70.3 Å². The molecule has 3 aliphatic rings. The summed E-state index contributed by atoms with van der Waals surface area (Å²) in [5.74, 6) is -2.19. The summed E-state index contributed by atoms with van der Waals surface area (Å²) in [6.07, 6.45) is 9.10. The number of rotatable bonds is 6. The molecule has 40 heavy (non-hydrogen) atoms. The van der Waals surface area contributed by atoms with E-state index in [-0.39, 0.29) is 29.9 Å². The largest absolute Gasteiger partial charge is 0.393 e. The number of nitrogens with one attached hydrogen (secondary N) is 2. The molecule has 0 radical (unpaired) electrons. The highest BCUT2D eigenvalue weighted by atomic mass is 19.1. The SMILES string of the molecule is O=C([C@H]1CC[C@H](Nc2ncc3nc(Nc4c(F)cc(F)cc4F)n([C@H]4CC[C@@H](O)CC4)c3n2)CC1)N1CCCC1. The smallest absolute Gasteiger partial charge is 0.225 e. The molecule has 2 aromatic heterocycles. The van der Waals surface area contributed by atoms with Crippen LogP contribution in [0.25, 0.3) is 11.2 Å². The van der Waals surface area contributed by atoms with E-state index in [1.165, 1.54) is 0 Å². The van der Waals surface area contributed by atoms with Gasteiger partial charge in [-0.2, -0.15) is 4.98 Å². The Morgan fingerprint density at radius 1 is 0.925 bits per heavy atom. The van der Waals surface area contributed by atoms with Crippen LogP contribution in [0.3, 0.4) is 0 Å². The first-order chi connectivity index (χ1) is 19.4. The molecule has 1 saturated heterocycles. The van der Waals surface area contributed by atoms with E-state index in [2.05, 4.69) is 20.6 Å². The average molecular weight is 558 g/mol. The molecule has 0 spiro atoms. The third kappa shape index (κ3) is 5.45. The minimum absolute atomic E-state index is 0.0727. The van der Waals surface area contributed by atoms with Crippen molar-refractivity contribution in [3.63, 3.8) is 0 Å². The van der Waals surface area contributed by atoms with Crippen molar-refractivity contribution >= 4 is 34.7 Å². The van der Waals surface area contributed by atoms with E-state index >= 15 is 0 Å². The number of benzene rings is 1. The summed E-state index contributed by atoms with van der Waals surface area (Å²) in [6, 6.07) is 1.24. The fourth-order valence-electron chi connectivity index (χ4n) is 6.35. The Balaban J connectivity index is 1.23. The molecule has 12 heteroatoms. The van der Waals surface area contributed by atoms with E-state index in [0.717, 1.165) is 51.6 Å². The molecule has 3 N–H and O–H groups in total. The molecule has 2 saturated carbocycles. The van der Waals surface area contributed by atoms with Gasteiger partial charge in [-0.1, -0.05) is 0 Å². The third-order valence-corrected chi connectivity index (χ3v) is 8.54. The number of anilines is 3. The second-order valence-electron chi connectivity index (χ2n) is 11.3. The molecule has 6 rings (SSSR count). The lowest BCUT2D eigenvalue weighted by atomic mass is 9.85. The zero-order valence-corrected chi connectivity index (χ0v) is 22.3. The first-order valence-electron chi connectivity index (χ1n) is 14.3. The molecule has 1 aromatic carbocycles. The average Bonchev–Trinajstić information content (AvgIpc) is 3.60. The molecular formula is C28H34F3N7O2. The summed E-state index contributed by atoms with van der Waals surface area (Å²) in [7, 11) is 0. The number of fused-ring (bicyclic) bond motifs is 1. The number of hydrogen-bond acceptors (Lipinski definition) is 7. The summed E-state index contributed by atoms with van der Waals surface area (Å²) in [6.45, 7) is 1.74. The van der Waals surface area contributed by atoms with Gasteiger partial charge in [-0.25, -0.2) is 23.1 Å². The zero-order valence-electron chi connectivity index (χ0n) is 22.3. The standard InChI is InChI=1S/C28H34F3N7O2/c29-17-13-21(30)24(22(31)14-17)35-28-34-23-15-32-27(36-25(23)38(28)19-7-9-20(39)10-8-19)33-18-5-3-16(4-6-18)26(40)37-11-1-2-12-37/h13-16,18-20,39H,1-12H2,(H,34,35)(H,32,33,36)/t16-,18-,19-,20+. The van der Waals surface area contributed by atoms with E-state index in [1.807, 2.05) is 9.47 Å². The normalized spacial score (nSPS) is 25.4. The van der Waals surface area contributed by atoms with Gasteiger partial charge in [0.1, 0.15) is 17.0 Å². The molecular weight excluding hydrogens is 523 g/mol. The van der Waals surface area contributed by atoms with Crippen molar-refractivity contribution in [3.8, 4) is 0 Å². The molecule has 2 aliphatic carbocycles. The topological polar surface area (TPSA) is 108 Å². The Bertz CT molecular complexity index is 1350. The molecule has 0 atom stereocenters. The number of nitrogens with zero attached hydrogens (tertiary/aromatic N) is 5. The number of aliphatic hydroxyl groups excluding tert-OH is 1. The Hall–Kier alpha value is -3.41. The van der Waals surface area contributed by atoms with Gasteiger partial charge in [0, 0.05) is 43.2 Å². The Morgan fingerprint density at radius 2 is 1.60 bits per heavy atom. The summed E-state index contributed by atoms with van der Waals surface area (Å²) >= 11 is 0. The summed E-state index contributed by atoms with van der Waals surface area (Å²) in [4.78, 5) is 28.5. The maximum absolute atomic E-state index is 14.5. The predicted molar refractivity (Wildman–Crippen MR) is 144 cm³/mol. The number of imidazole rings is 1. The molecule has 214 valence electrons. The third-order valence-electron chi connectivity index (χ3n) is 8.54. The van der Waals surface area contributed by atoms with Gasteiger partial charge in [-0.3, -0.25) is 9.36 Å². The van der Waals surface area contributed by atoms with Crippen LogP contribution in [0, 0.1) is 23.4 Å². The summed E-state index contributed by atoms with van der Waals surface area (Å²) < 4.78 is 44.3. The molecule has 1 aliphatic heterocycles. The highest BCUT2D eigenvalue weighted by Crippen LogP contribution is 2.36. The van der Waals surface area contributed by atoms with Gasteiger partial charge in [-0.15, -0.1) is 0 Å². The lowest BCUT2D eigenvalue weighted by Crippen LogP contribution is -2.37. The number of likely N-dealkylation sites (tertiary alicyclic amines) is 1. The van der Waals surface area contributed by atoms with Gasteiger partial charge in [-0.05, 0) is 64.2 Å². The monoisotopic (exact) mass is 557 g/mol. The van der Waals surface area contributed by atoms with E-state index < -0.39 is 29.2 Å². The van der Waals surface area contributed by atoms with Gasteiger partial charge < -0.3 is 20.6 Å². The van der Waals surface area contributed by atoms with E-state index in [1.54, 1.807) is 6.20 Å². The Labute approximate surface area is 230 Å². The highest BCUT2D eigenvalue weighted by Gasteiger charge is 2.31. The van der Waals surface area contributed by atoms with Gasteiger partial charge in [0.25, 0.3) is 0 Å². The van der Waals surface area contributed by atoms with Crippen LogP contribution in [-0.4, -0.2) is 60.7 Å². The highest BCUT2D eigenvalue weighted by molar-refractivity contribution is 5.79. The Kier molecular flexibility index (Phi) is 7.52. The van der Waals surface area contributed by atoms with Crippen LogP contribution in [0.5, 0.6) is 0 Å². The van der Waals surface area contributed by atoms with Crippen molar-refractivity contribution in [3.05, 3.63) is 35.8 Å². The van der Waals surface area contributed by atoms with Gasteiger partial charge >= 0.3 is 0 Å². The van der Waals surface area contributed by atoms with Crippen LogP contribution < -0.4 is 10.6 Å². The molecule has 0 bridgehead atoms. The molecule has 1 amide bonds. The second kappa shape index (κ2) is 11.2. The van der Waals surface area contributed by atoms with Crippen molar-refractivity contribution in [2.75, 3.05) is 23.7 Å². The maximum Gasteiger partial charge on any atom is 0.225 e. The summed E-state index contributed by atoms with van der Waals surface area (Å²) in [5, 5.41) is 16.2. The number of aromatic nitrogens is 4. The van der Waals surface area contributed by atoms with Crippen LogP contribution in [-0.2, 0) is 4.79 Å². The molecule has 0 unspecified atom stereocenters. The van der Waals surface area contributed by atoms with E-state index in [4.69, 9.17) is 4.98 Å². The predicted octanol–water partition coefficient (Wildman–Crippen LogP) is 5.06. The van der Waals surface area contributed by atoms with Crippen LogP contribution >= 0.6 is 0 Å². The number of carbonyl (C=O) groups is 1. The number of carbonyl (C=O) groups excluding carboxylic acids is 1. The van der Waals surface area contributed by atoms with E-state index in [9.17, 15) is 23.1 Å². The van der Waals surface area contributed by atoms with Crippen molar-refractivity contribution in [2.45, 2.75) is 82.4 Å². The van der Waals surface area contributed by atoms with Crippen molar-refractivity contribution in [2.24, 2.45) is 5.92 Å². The van der Waals surface area contributed by atoms with Gasteiger partial charge in [0.2, 0.25) is 17.8 Å². The van der Waals surface area contributed by atoms with Crippen molar-refractivity contribution < 1.29 is 23.1 Å². The summed E-state index contributed by atoms with van der Waals surface area (Å²) in [5.41, 5.74) is 0.449. The number of hydrogen-bond donors (Lipinski definition) is 3. The fraction of sp³-hybridized carbons (Fsp3) is 0.571. The molecule has 3 aromatic rings. The molecule has 3 fully saturated rings. The maximum atomic E-state index is 14.5. The lowest BCUT2D eigenvalue weighted by molar-refractivity contribution is -0.135. The van der Waals surface area contributed by atoms with Crippen LogP contribution in [0.4, 0.5) is 30.8 Å². The minimum atomic E-state index is -1.07.